The molecule has 0 bridgehead atoms. The standard InChI is InChI=1S/C21H20BrNO2S/c1-16-3-11-20(12-4-16)23(15-18-7-9-19(22)10-8-18)26(24,25)21-13-5-17(2)6-14-21/h3-14H,15H2,1-2H3. The molecule has 3 nitrogen and oxygen atoms in total. The molecule has 0 heterocycles. The lowest BCUT2D eigenvalue weighted by Gasteiger charge is -2.25. The number of sulfonamides is 1. The van der Waals surface area contributed by atoms with Crippen molar-refractivity contribution < 1.29 is 8.42 Å². The van der Waals surface area contributed by atoms with Gasteiger partial charge in [-0.1, -0.05) is 63.5 Å². The molecule has 0 radical (unpaired) electrons. The summed E-state index contributed by atoms with van der Waals surface area (Å²) in [6, 6.07) is 22.2. The normalized spacial score (nSPS) is 11.3. The van der Waals surface area contributed by atoms with Gasteiger partial charge in [-0.3, -0.25) is 4.31 Å². The molecule has 3 aromatic rings. The van der Waals surface area contributed by atoms with E-state index in [1.807, 2.05) is 74.5 Å². The summed E-state index contributed by atoms with van der Waals surface area (Å²) in [6.45, 7) is 4.19. The summed E-state index contributed by atoms with van der Waals surface area (Å²) in [5.74, 6) is 0. The first-order valence-electron chi connectivity index (χ1n) is 8.27. The SMILES string of the molecule is Cc1ccc(N(Cc2ccc(Br)cc2)S(=O)(=O)c2ccc(C)cc2)cc1. The molecule has 0 aromatic heterocycles. The van der Waals surface area contributed by atoms with Gasteiger partial charge in [-0.25, -0.2) is 8.42 Å². The molecular weight excluding hydrogens is 410 g/mol. The van der Waals surface area contributed by atoms with Crippen LogP contribution in [0.2, 0.25) is 0 Å². The highest BCUT2D eigenvalue weighted by Gasteiger charge is 2.25. The third-order valence-corrected chi connectivity index (χ3v) is 6.49. The number of halogens is 1. The van der Waals surface area contributed by atoms with Gasteiger partial charge in [0.25, 0.3) is 10.0 Å². The second-order valence-corrected chi connectivity index (χ2v) is 9.06. The summed E-state index contributed by atoms with van der Waals surface area (Å²) >= 11 is 3.42. The fourth-order valence-corrected chi connectivity index (χ4v) is 4.34. The Kier molecular flexibility index (Phi) is 5.49. The molecule has 0 amide bonds. The van der Waals surface area contributed by atoms with Crippen molar-refractivity contribution >= 4 is 31.6 Å². The van der Waals surface area contributed by atoms with E-state index in [9.17, 15) is 8.42 Å². The second-order valence-electron chi connectivity index (χ2n) is 6.29. The number of nitrogens with zero attached hydrogens (tertiary/aromatic N) is 1. The third-order valence-electron chi connectivity index (χ3n) is 4.17. The van der Waals surface area contributed by atoms with E-state index >= 15 is 0 Å². The Morgan fingerprint density at radius 2 is 1.27 bits per heavy atom. The highest BCUT2D eigenvalue weighted by molar-refractivity contribution is 9.10. The molecule has 3 rings (SSSR count). The zero-order valence-electron chi connectivity index (χ0n) is 14.7. The molecule has 0 fully saturated rings. The van der Waals surface area contributed by atoms with Gasteiger partial charge in [-0.2, -0.15) is 0 Å². The van der Waals surface area contributed by atoms with Gasteiger partial charge in [0.05, 0.1) is 17.1 Å². The summed E-state index contributed by atoms with van der Waals surface area (Å²) in [7, 11) is -3.67. The Morgan fingerprint density at radius 3 is 1.81 bits per heavy atom. The van der Waals surface area contributed by atoms with Gasteiger partial charge in [0.1, 0.15) is 0 Å². The van der Waals surface area contributed by atoms with Crippen molar-refractivity contribution in [2.45, 2.75) is 25.3 Å². The number of rotatable bonds is 5. The van der Waals surface area contributed by atoms with Crippen molar-refractivity contribution in [2.75, 3.05) is 4.31 Å². The molecule has 0 unspecified atom stereocenters. The monoisotopic (exact) mass is 429 g/mol. The highest BCUT2D eigenvalue weighted by atomic mass is 79.9. The molecule has 0 spiro atoms. The first-order valence-corrected chi connectivity index (χ1v) is 10.5. The van der Waals surface area contributed by atoms with Crippen LogP contribution in [0.3, 0.4) is 0 Å². The molecule has 0 aliphatic rings. The minimum atomic E-state index is -3.67. The lowest BCUT2D eigenvalue weighted by Crippen LogP contribution is -2.30. The molecule has 0 N–H and O–H groups in total. The van der Waals surface area contributed by atoms with Crippen LogP contribution in [0.1, 0.15) is 16.7 Å². The van der Waals surface area contributed by atoms with E-state index < -0.39 is 10.0 Å². The van der Waals surface area contributed by atoms with Crippen LogP contribution in [-0.4, -0.2) is 8.42 Å². The van der Waals surface area contributed by atoms with Gasteiger partial charge >= 0.3 is 0 Å². The van der Waals surface area contributed by atoms with Crippen molar-refractivity contribution in [3.8, 4) is 0 Å². The smallest absolute Gasteiger partial charge is 0.262 e. The second kappa shape index (κ2) is 7.64. The van der Waals surface area contributed by atoms with Crippen LogP contribution in [0.15, 0.2) is 82.2 Å². The minimum absolute atomic E-state index is 0.270. The van der Waals surface area contributed by atoms with E-state index in [4.69, 9.17) is 0 Å². The van der Waals surface area contributed by atoms with Crippen LogP contribution < -0.4 is 4.31 Å². The molecule has 0 aliphatic heterocycles. The van der Waals surface area contributed by atoms with Gasteiger partial charge < -0.3 is 0 Å². The maximum Gasteiger partial charge on any atom is 0.264 e. The molecule has 5 heteroatoms. The van der Waals surface area contributed by atoms with Crippen LogP contribution in [0.5, 0.6) is 0 Å². The van der Waals surface area contributed by atoms with Crippen molar-refractivity contribution in [1.29, 1.82) is 0 Å². The molecule has 0 atom stereocenters. The Hall–Kier alpha value is -2.11. The maximum atomic E-state index is 13.3. The van der Waals surface area contributed by atoms with Gasteiger partial charge in [0.15, 0.2) is 0 Å². The van der Waals surface area contributed by atoms with E-state index in [2.05, 4.69) is 15.9 Å². The van der Waals surface area contributed by atoms with Crippen LogP contribution >= 0.6 is 15.9 Å². The van der Waals surface area contributed by atoms with Gasteiger partial charge in [0.2, 0.25) is 0 Å². The lowest BCUT2D eigenvalue weighted by molar-refractivity contribution is 0.590. The first kappa shape index (κ1) is 18.7. The van der Waals surface area contributed by atoms with Crippen LogP contribution in [0.25, 0.3) is 0 Å². The molecular formula is C21H20BrNO2S. The van der Waals surface area contributed by atoms with E-state index in [1.54, 1.807) is 12.1 Å². The van der Waals surface area contributed by atoms with Crippen LogP contribution in [0, 0.1) is 13.8 Å². The van der Waals surface area contributed by atoms with Crippen LogP contribution in [0.4, 0.5) is 5.69 Å². The highest BCUT2D eigenvalue weighted by Crippen LogP contribution is 2.27. The fourth-order valence-electron chi connectivity index (χ4n) is 2.62. The quantitative estimate of drug-likeness (QED) is 0.539. The Morgan fingerprint density at radius 1 is 0.769 bits per heavy atom. The topological polar surface area (TPSA) is 37.4 Å². The minimum Gasteiger partial charge on any atom is -0.262 e. The summed E-state index contributed by atoms with van der Waals surface area (Å²) in [5, 5.41) is 0. The summed E-state index contributed by atoms with van der Waals surface area (Å²) in [5.41, 5.74) is 3.69. The predicted octanol–water partition coefficient (Wildman–Crippen LogP) is 5.46. The van der Waals surface area contributed by atoms with Crippen molar-refractivity contribution in [3.63, 3.8) is 0 Å². The molecule has 0 saturated carbocycles. The lowest BCUT2D eigenvalue weighted by atomic mass is 10.2. The van der Waals surface area contributed by atoms with Crippen molar-refractivity contribution in [1.82, 2.24) is 0 Å². The predicted molar refractivity (Wildman–Crippen MR) is 110 cm³/mol. The number of hydrogen-bond acceptors (Lipinski definition) is 2. The molecule has 26 heavy (non-hydrogen) atoms. The summed E-state index contributed by atoms with van der Waals surface area (Å²) in [6.07, 6.45) is 0. The van der Waals surface area contributed by atoms with Crippen molar-refractivity contribution in [2.24, 2.45) is 0 Å². The zero-order chi connectivity index (χ0) is 18.7. The van der Waals surface area contributed by atoms with Gasteiger partial charge in [-0.15, -0.1) is 0 Å². The molecule has 3 aromatic carbocycles. The Bertz CT molecular complexity index is 980. The Labute approximate surface area is 163 Å². The number of aryl methyl sites for hydroxylation is 2. The van der Waals surface area contributed by atoms with Crippen molar-refractivity contribution in [3.05, 3.63) is 94.0 Å². The van der Waals surface area contributed by atoms with E-state index in [0.717, 1.165) is 21.2 Å². The first-order chi connectivity index (χ1) is 12.4. The third kappa shape index (κ3) is 4.17. The van der Waals surface area contributed by atoms with Gasteiger partial charge in [-0.05, 0) is 55.8 Å². The molecule has 0 saturated heterocycles. The fraction of sp³-hybridized carbons (Fsp3) is 0.143. The number of benzene rings is 3. The molecule has 134 valence electrons. The largest absolute Gasteiger partial charge is 0.264 e. The maximum absolute atomic E-state index is 13.3. The average Bonchev–Trinajstić information content (AvgIpc) is 2.62. The summed E-state index contributed by atoms with van der Waals surface area (Å²) < 4.78 is 29.1. The van der Waals surface area contributed by atoms with E-state index in [0.29, 0.717) is 10.6 Å². The average molecular weight is 430 g/mol. The number of hydrogen-bond donors (Lipinski definition) is 0. The molecule has 0 aliphatic carbocycles. The summed E-state index contributed by atoms with van der Waals surface area (Å²) in [4.78, 5) is 0.292. The van der Waals surface area contributed by atoms with E-state index in [-0.39, 0.29) is 6.54 Å². The van der Waals surface area contributed by atoms with Crippen LogP contribution in [-0.2, 0) is 16.6 Å². The van der Waals surface area contributed by atoms with Gasteiger partial charge in [0, 0.05) is 4.47 Å². The van der Waals surface area contributed by atoms with E-state index in [1.165, 1.54) is 4.31 Å². The number of anilines is 1. The Balaban J connectivity index is 2.05. The zero-order valence-corrected chi connectivity index (χ0v) is 17.1.